The maximum atomic E-state index is 12.9. The molecule has 0 fully saturated rings. The SMILES string of the molecule is C/C=C/C[C@@H](C)[C@@H](O)CC(=O)N[C@@H](CC)C(=O)N(C)[C@H](O)C(=O)N(C)[C@H](C(=O)NC(=O)NC)C(C)C. The number of likely N-dealkylation sites (N-methyl/N-ethyl adjacent to an activating group) is 2. The zero-order chi connectivity index (χ0) is 28.2. The summed E-state index contributed by atoms with van der Waals surface area (Å²) in [5, 5.41) is 27.7. The van der Waals surface area contributed by atoms with Crippen molar-refractivity contribution in [3.8, 4) is 0 Å². The summed E-state index contributed by atoms with van der Waals surface area (Å²) in [4.78, 5) is 64.0. The molecule has 0 aliphatic rings. The van der Waals surface area contributed by atoms with E-state index in [9.17, 15) is 34.2 Å². The first-order valence-electron chi connectivity index (χ1n) is 12.1. The van der Waals surface area contributed by atoms with E-state index in [1.54, 1.807) is 20.8 Å². The zero-order valence-corrected chi connectivity index (χ0v) is 22.6. The van der Waals surface area contributed by atoms with Gasteiger partial charge in [-0.25, -0.2) is 4.79 Å². The van der Waals surface area contributed by atoms with E-state index in [0.717, 1.165) is 9.80 Å². The zero-order valence-electron chi connectivity index (χ0n) is 22.6. The number of nitrogens with one attached hydrogen (secondary N) is 3. The fourth-order valence-corrected chi connectivity index (χ4v) is 3.52. The molecule has 0 saturated heterocycles. The van der Waals surface area contributed by atoms with Gasteiger partial charge in [0, 0.05) is 21.1 Å². The molecule has 12 heteroatoms. The summed E-state index contributed by atoms with van der Waals surface area (Å²) >= 11 is 0. The Morgan fingerprint density at radius 3 is 2.03 bits per heavy atom. The smallest absolute Gasteiger partial charge is 0.321 e. The van der Waals surface area contributed by atoms with E-state index in [1.165, 1.54) is 21.1 Å². The van der Waals surface area contributed by atoms with Crippen molar-refractivity contribution in [2.75, 3.05) is 21.1 Å². The molecule has 0 heterocycles. The van der Waals surface area contributed by atoms with Gasteiger partial charge in [-0.05, 0) is 31.6 Å². The van der Waals surface area contributed by atoms with Crippen LogP contribution in [-0.2, 0) is 19.2 Å². The molecular formula is C24H43N5O7. The number of rotatable bonds is 13. The molecule has 5 N–H and O–H groups in total. The van der Waals surface area contributed by atoms with Gasteiger partial charge in [-0.3, -0.25) is 24.5 Å². The summed E-state index contributed by atoms with van der Waals surface area (Å²) in [5.41, 5.74) is 0. The standard InChI is InChI=1S/C24H43N5O7/c1-9-11-12-15(5)17(30)13-18(31)26-16(10-2)21(33)29(8)23(35)22(34)28(7)19(14(3)4)20(32)27-24(36)25-6/h9,11,14-17,19,23,30,35H,10,12-13H2,1-8H3,(H,26,31)(H2,25,27,32,36)/b11-9+/t15-,16+,17+,19+,23-/m1/s1. The number of allylic oxidation sites excluding steroid dienone is 2. The Bertz CT molecular complexity index is 802. The van der Waals surface area contributed by atoms with E-state index in [0.29, 0.717) is 6.42 Å². The van der Waals surface area contributed by atoms with Gasteiger partial charge in [0.2, 0.25) is 18.0 Å². The monoisotopic (exact) mass is 513 g/mol. The topological polar surface area (TPSA) is 168 Å². The van der Waals surface area contributed by atoms with Gasteiger partial charge < -0.3 is 30.6 Å². The minimum absolute atomic E-state index is 0.158. The van der Waals surface area contributed by atoms with Gasteiger partial charge in [0.05, 0.1) is 12.5 Å². The molecule has 0 aliphatic heterocycles. The number of nitrogens with zero attached hydrogens (tertiary/aromatic N) is 2. The fourth-order valence-electron chi connectivity index (χ4n) is 3.52. The van der Waals surface area contributed by atoms with Crippen LogP contribution in [0.15, 0.2) is 12.2 Å². The first-order valence-corrected chi connectivity index (χ1v) is 12.1. The molecule has 0 aromatic heterocycles. The Kier molecular flexibility index (Phi) is 14.6. The minimum atomic E-state index is -1.94. The highest BCUT2D eigenvalue weighted by molar-refractivity contribution is 5.99. The summed E-state index contributed by atoms with van der Waals surface area (Å²) in [6, 6.07) is -2.88. The number of hydrogen-bond donors (Lipinski definition) is 5. The van der Waals surface area contributed by atoms with Crippen molar-refractivity contribution < 1.29 is 34.2 Å². The molecule has 0 bridgehead atoms. The summed E-state index contributed by atoms with van der Waals surface area (Å²) in [6.45, 7) is 8.65. The van der Waals surface area contributed by atoms with E-state index in [2.05, 4.69) is 16.0 Å². The van der Waals surface area contributed by atoms with E-state index >= 15 is 0 Å². The number of amides is 6. The van der Waals surface area contributed by atoms with Gasteiger partial charge in [0.25, 0.3) is 11.8 Å². The van der Waals surface area contributed by atoms with Crippen LogP contribution in [0.1, 0.15) is 53.9 Å². The van der Waals surface area contributed by atoms with Crippen molar-refractivity contribution in [2.45, 2.75) is 78.3 Å². The first-order chi connectivity index (χ1) is 16.7. The molecule has 0 saturated carbocycles. The summed E-state index contributed by atoms with van der Waals surface area (Å²) in [6.07, 6.45) is 1.49. The Morgan fingerprint density at radius 1 is 0.972 bits per heavy atom. The Labute approximate surface area is 213 Å². The maximum absolute atomic E-state index is 12.9. The molecule has 0 radical (unpaired) electrons. The molecule has 0 aliphatic carbocycles. The molecule has 12 nitrogen and oxygen atoms in total. The Hall–Kier alpha value is -2.99. The number of carbonyl (C=O) groups excluding carboxylic acids is 5. The van der Waals surface area contributed by atoms with Crippen molar-refractivity contribution in [3.63, 3.8) is 0 Å². The van der Waals surface area contributed by atoms with Crippen LogP contribution in [0, 0.1) is 11.8 Å². The largest absolute Gasteiger partial charge is 0.392 e. The normalized spacial score (nSPS) is 15.4. The number of aliphatic hydroxyl groups is 2. The summed E-state index contributed by atoms with van der Waals surface area (Å²) in [5.74, 6) is -3.51. The van der Waals surface area contributed by atoms with Crippen LogP contribution in [0.25, 0.3) is 0 Å². The highest BCUT2D eigenvalue weighted by Crippen LogP contribution is 2.14. The lowest BCUT2D eigenvalue weighted by Crippen LogP contribution is -2.59. The number of carbonyl (C=O) groups is 5. The maximum Gasteiger partial charge on any atom is 0.321 e. The second-order valence-electron chi connectivity index (χ2n) is 9.11. The van der Waals surface area contributed by atoms with Gasteiger partial charge in [-0.2, -0.15) is 0 Å². The third kappa shape index (κ3) is 9.94. The van der Waals surface area contributed by atoms with Crippen LogP contribution >= 0.6 is 0 Å². The lowest BCUT2D eigenvalue weighted by Gasteiger charge is -2.34. The van der Waals surface area contributed by atoms with Crippen molar-refractivity contribution in [2.24, 2.45) is 11.8 Å². The van der Waals surface area contributed by atoms with Crippen LogP contribution in [0.2, 0.25) is 0 Å². The van der Waals surface area contributed by atoms with Crippen LogP contribution < -0.4 is 16.0 Å². The fraction of sp³-hybridized carbons (Fsp3) is 0.708. The molecule has 0 spiro atoms. The van der Waals surface area contributed by atoms with Gasteiger partial charge in [0.1, 0.15) is 12.1 Å². The quantitative estimate of drug-likeness (QED) is 0.170. The number of hydrogen-bond acceptors (Lipinski definition) is 7. The molecule has 6 amide bonds. The second kappa shape index (κ2) is 15.9. The Balaban J connectivity index is 5.33. The second-order valence-corrected chi connectivity index (χ2v) is 9.11. The summed E-state index contributed by atoms with van der Waals surface area (Å²) in [7, 11) is 3.82. The minimum Gasteiger partial charge on any atom is -0.392 e. The lowest BCUT2D eigenvalue weighted by atomic mass is 9.97. The van der Waals surface area contributed by atoms with E-state index in [1.807, 2.05) is 26.0 Å². The molecule has 0 unspecified atom stereocenters. The van der Waals surface area contributed by atoms with Gasteiger partial charge in [-0.15, -0.1) is 0 Å². The van der Waals surface area contributed by atoms with Gasteiger partial charge >= 0.3 is 6.03 Å². The Morgan fingerprint density at radius 2 is 1.56 bits per heavy atom. The summed E-state index contributed by atoms with van der Waals surface area (Å²) < 4.78 is 0. The average molecular weight is 514 g/mol. The third-order valence-corrected chi connectivity index (χ3v) is 5.90. The van der Waals surface area contributed by atoms with Crippen LogP contribution in [0.5, 0.6) is 0 Å². The average Bonchev–Trinajstić information content (AvgIpc) is 2.83. The predicted octanol–water partition coefficient (Wildman–Crippen LogP) is -0.0501. The number of aliphatic hydroxyl groups excluding tert-OH is 2. The highest BCUT2D eigenvalue weighted by Gasteiger charge is 2.37. The predicted molar refractivity (Wildman–Crippen MR) is 134 cm³/mol. The van der Waals surface area contributed by atoms with Crippen molar-refractivity contribution in [1.82, 2.24) is 25.8 Å². The van der Waals surface area contributed by atoms with E-state index < -0.39 is 60.0 Å². The van der Waals surface area contributed by atoms with Crippen LogP contribution in [0.3, 0.4) is 0 Å². The first kappa shape index (κ1) is 33.0. The molecule has 0 aromatic carbocycles. The highest BCUT2D eigenvalue weighted by atomic mass is 16.3. The van der Waals surface area contributed by atoms with Crippen LogP contribution in [0.4, 0.5) is 4.79 Å². The van der Waals surface area contributed by atoms with Crippen molar-refractivity contribution in [3.05, 3.63) is 12.2 Å². The molecule has 206 valence electrons. The molecule has 0 aromatic rings. The molecule has 0 rings (SSSR count). The van der Waals surface area contributed by atoms with Gasteiger partial charge in [0.15, 0.2) is 0 Å². The van der Waals surface area contributed by atoms with E-state index in [-0.39, 0.29) is 18.8 Å². The lowest BCUT2D eigenvalue weighted by molar-refractivity contribution is -0.161. The third-order valence-electron chi connectivity index (χ3n) is 5.90. The van der Waals surface area contributed by atoms with Crippen LogP contribution in [-0.4, -0.2) is 95.2 Å². The van der Waals surface area contributed by atoms with Crippen molar-refractivity contribution >= 4 is 29.7 Å². The molecular weight excluding hydrogens is 470 g/mol. The van der Waals surface area contributed by atoms with Crippen molar-refractivity contribution in [1.29, 1.82) is 0 Å². The van der Waals surface area contributed by atoms with E-state index in [4.69, 9.17) is 0 Å². The molecule has 36 heavy (non-hydrogen) atoms. The molecule has 5 atom stereocenters. The van der Waals surface area contributed by atoms with Gasteiger partial charge in [-0.1, -0.05) is 39.8 Å². The number of imide groups is 1. The number of urea groups is 1.